The molecule has 0 aliphatic carbocycles. The zero-order chi connectivity index (χ0) is 23.8. The van der Waals surface area contributed by atoms with Gasteiger partial charge in [-0.05, 0) is 34.1 Å². The second kappa shape index (κ2) is 9.02. The first-order chi connectivity index (χ1) is 14.8. The summed E-state index contributed by atoms with van der Waals surface area (Å²) >= 11 is 2.86. The van der Waals surface area contributed by atoms with E-state index >= 15 is 0 Å². The highest BCUT2D eigenvalue weighted by molar-refractivity contribution is 9.10. The average Bonchev–Trinajstić information content (AvgIpc) is 2.99. The van der Waals surface area contributed by atoms with E-state index in [9.17, 15) is 26.7 Å². The molecule has 2 aromatic heterocycles. The van der Waals surface area contributed by atoms with Gasteiger partial charge in [-0.3, -0.25) is 0 Å². The van der Waals surface area contributed by atoms with Gasteiger partial charge in [-0.1, -0.05) is 19.6 Å². The van der Waals surface area contributed by atoms with Gasteiger partial charge < -0.3 is 9.15 Å². The van der Waals surface area contributed by atoms with Gasteiger partial charge in [0.1, 0.15) is 22.5 Å². The molecule has 32 heavy (non-hydrogen) atoms. The van der Waals surface area contributed by atoms with Gasteiger partial charge in [0.15, 0.2) is 5.58 Å². The molecular weight excluding hydrogens is 521 g/mol. The lowest BCUT2D eigenvalue weighted by molar-refractivity contribution is -0.136. The van der Waals surface area contributed by atoms with Crippen molar-refractivity contribution in [2.45, 2.75) is 45.0 Å². The Labute approximate surface area is 188 Å². The third-order valence-corrected chi connectivity index (χ3v) is 6.88. The number of alkyl halides is 5. The maximum atomic E-state index is 13.7. The summed E-state index contributed by atoms with van der Waals surface area (Å²) in [6.07, 6.45) is -6.68. The van der Waals surface area contributed by atoms with Crippen molar-refractivity contribution in [3.05, 3.63) is 44.7 Å². The van der Waals surface area contributed by atoms with Crippen LogP contribution in [0.5, 0.6) is 0 Å². The van der Waals surface area contributed by atoms with Crippen LogP contribution in [0.4, 0.5) is 22.0 Å². The molecule has 1 aromatic carbocycles. The molecule has 0 aliphatic heterocycles. The van der Waals surface area contributed by atoms with Crippen LogP contribution in [-0.2, 0) is 17.6 Å². The largest absolute Gasteiger partial charge is 0.421 e. The second-order valence-electron chi connectivity index (χ2n) is 8.21. The third-order valence-electron chi connectivity index (χ3n) is 4.57. The monoisotopic (exact) mass is 539 g/mol. The van der Waals surface area contributed by atoms with Crippen molar-refractivity contribution in [2.75, 3.05) is 6.61 Å². The summed E-state index contributed by atoms with van der Waals surface area (Å²) in [6, 6.07) is 2.51. The number of hydrogen-bond donors (Lipinski definition) is 0. The molecule has 0 aliphatic rings. The highest BCUT2D eigenvalue weighted by Crippen LogP contribution is 2.39. The molecular formula is C19H19BrF5N3O3Si. The zero-order valence-corrected chi connectivity index (χ0v) is 19.9. The van der Waals surface area contributed by atoms with E-state index in [1.165, 1.54) is 0 Å². The van der Waals surface area contributed by atoms with Crippen LogP contribution in [0.15, 0.2) is 32.1 Å². The van der Waals surface area contributed by atoms with Crippen LogP contribution in [0.25, 0.3) is 22.4 Å². The van der Waals surface area contributed by atoms with Gasteiger partial charge in [-0.2, -0.15) is 13.2 Å². The molecule has 0 fully saturated rings. The Morgan fingerprint density at radius 3 is 2.53 bits per heavy atom. The van der Waals surface area contributed by atoms with Crippen molar-refractivity contribution < 1.29 is 31.1 Å². The first kappa shape index (κ1) is 24.5. The summed E-state index contributed by atoms with van der Waals surface area (Å²) in [4.78, 5) is 20.0. The van der Waals surface area contributed by atoms with Crippen LogP contribution in [0, 0.1) is 0 Å². The van der Waals surface area contributed by atoms with E-state index in [1.54, 1.807) is 0 Å². The Morgan fingerprint density at radius 2 is 1.94 bits per heavy atom. The van der Waals surface area contributed by atoms with Gasteiger partial charge in [0.05, 0.1) is 17.5 Å². The molecule has 174 valence electrons. The Balaban J connectivity index is 2.14. The number of oxazole rings is 1. The van der Waals surface area contributed by atoms with E-state index < -0.39 is 55.5 Å². The normalized spacial score (nSPS) is 12.8. The van der Waals surface area contributed by atoms with Crippen molar-refractivity contribution in [3.8, 4) is 11.3 Å². The molecule has 3 aromatic rings. The fraction of sp³-hybridized carbons (Fsp3) is 0.421. The minimum atomic E-state index is -4.80. The molecule has 3 rings (SSSR count). The Hall–Kier alpha value is -2.12. The maximum absolute atomic E-state index is 13.7. The molecule has 0 amide bonds. The first-order valence-electron chi connectivity index (χ1n) is 9.42. The summed E-state index contributed by atoms with van der Waals surface area (Å²) in [5.41, 5.74) is -3.02. The van der Waals surface area contributed by atoms with Crippen molar-refractivity contribution in [1.29, 1.82) is 0 Å². The number of nitrogens with zero attached hydrogens (tertiary/aromatic N) is 3. The van der Waals surface area contributed by atoms with Gasteiger partial charge in [0, 0.05) is 20.2 Å². The Kier molecular flexibility index (Phi) is 6.91. The number of ether oxygens (including phenoxy) is 1. The molecule has 0 N–H and O–H groups in total. The number of aromatic nitrogens is 3. The summed E-state index contributed by atoms with van der Waals surface area (Å²) in [5.74, 6) is -1.06. The molecule has 0 atom stereocenters. The lowest BCUT2D eigenvalue weighted by Crippen LogP contribution is -2.23. The molecule has 0 unspecified atom stereocenters. The molecule has 2 heterocycles. The van der Waals surface area contributed by atoms with Crippen molar-refractivity contribution in [1.82, 2.24) is 14.5 Å². The standard InChI is InChI=1S/C19H19BrF5N3O3Si/c1-32(2,3)7-6-30-9-28-14-11(19(23,24)25)5-4-10(15(14)31-18(28)29)12-8-26-16(20)13(27-12)17(21)22/h4-5,8,17H,6-7,9H2,1-3H3. The average molecular weight is 540 g/mol. The van der Waals surface area contributed by atoms with E-state index in [2.05, 4.69) is 45.5 Å². The number of halogens is 6. The van der Waals surface area contributed by atoms with Crippen molar-refractivity contribution in [3.63, 3.8) is 0 Å². The highest BCUT2D eigenvalue weighted by Gasteiger charge is 2.36. The predicted octanol–water partition coefficient (Wildman–Crippen LogP) is 6.08. The quantitative estimate of drug-likeness (QED) is 0.206. The predicted molar refractivity (Wildman–Crippen MR) is 113 cm³/mol. The maximum Gasteiger partial charge on any atom is 0.421 e. The second-order valence-corrected chi connectivity index (χ2v) is 14.6. The summed E-state index contributed by atoms with van der Waals surface area (Å²) < 4.78 is 78.6. The molecule has 0 spiro atoms. The van der Waals surface area contributed by atoms with Gasteiger partial charge in [-0.25, -0.2) is 28.1 Å². The molecule has 6 nitrogen and oxygen atoms in total. The smallest absolute Gasteiger partial charge is 0.407 e. The van der Waals surface area contributed by atoms with Crippen LogP contribution < -0.4 is 5.76 Å². The molecule has 0 radical (unpaired) electrons. The van der Waals surface area contributed by atoms with Crippen LogP contribution >= 0.6 is 15.9 Å². The van der Waals surface area contributed by atoms with Crippen molar-refractivity contribution in [2.24, 2.45) is 0 Å². The number of benzene rings is 1. The van der Waals surface area contributed by atoms with Gasteiger partial charge in [0.25, 0.3) is 6.43 Å². The van der Waals surface area contributed by atoms with E-state index in [1.807, 2.05) is 0 Å². The van der Waals surface area contributed by atoms with Crippen LogP contribution in [0.3, 0.4) is 0 Å². The van der Waals surface area contributed by atoms with Crippen LogP contribution in [-0.4, -0.2) is 29.2 Å². The first-order valence-corrected chi connectivity index (χ1v) is 13.9. The SMILES string of the molecule is C[Si](C)(C)CCOCn1c(=O)oc2c(-c3cnc(Br)c(C(F)F)n3)ccc(C(F)(F)F)c21. The summed E-state index contributed by atoms with van der Waals surface area (Å²) in [6.45, 7) is 6.15. The number of rotatable bonds is 7. The molecule has 13 heteroatoms. The lowest BCUT2D eigenvalue weighted by atomic mass is 10.1. The molecule has 0 saturated heterocycles. The number of hydrogen-bond acceptors (Lipinski definition) is 5. The van der Waals surface area contributed by atoms with Gasteiger partial charge >= 0.3 is 11.9 Å². The van der Waals surface area contributed by atoms with Crippen LogP contribution in [0.1, 0.15) is 17.7 Å². The summed E-state index contributed by atoms with van der Waals surface area (Å²) in [7, 11) is -1.46. The van der Waals surface area contributed by atoms with Gasteiger partial charge in [0.2, 0.25) is 0 Å². The Bertz CT molecular complexity index is 1190. The van der Waals surface area contributed by atoms with Crippen LogP contribution in [0.2, 0.25) is 25.7 Å². The van der Waals surface area contributed by atoms with E-state index in [0.717, 1.165) is 28.9 Å². The van der Waals surface area contributed by atoms with E-state index in [-0.39, 0.29) is 22.5 Å². The van der Waals surface area contributed by atoms with Gasteiger partial charge in [-0.15, -0.1) is 0 Å². The summed E-state index contributed by atoms with van der Waals surface area (Å²) in [5, 5.41) is 0. The Morgan fingerprint density at radius 1 is 1.25 bits per heavy atom. The number of fused-ring (bicyclic) bond motifs is 1. The highest BCUT2D eigenvalue weighted by atomic mass is 79.9. The fourth-order valence-electron chi connectivity index (χ4n) is 2.92. The minimum absolute atomic E-state index is 0.0761. The third kappa shape index (κ3) is 5.26. The molecule has 0 bridgehead atoms. The zero-order valence-electron chi connectivity index (χ0n) is 17.3. The topological polar surface area (TPSA) is 70.2 Å². The van der Waals surface area contributed by atoms with Crippen molar-refractivity contribution >= 4 is 35.1 Å². The van der Waals surface area contributed by atoms with E-state index in [4.69, 9.17) is 9.15 Å². The minimum Gasteiger partial charge on any atom is -0.407 e. The van der Waals surface area contributed by atoms with E-state index in [0.29, 0.717) is 0 Å². The lowest BCUT2D eigenvalue weighted by Gasteiger charge is -2.16. The fourth-order valence-corrected chi connectivity index (χ4v) is 4.04. The molecule has 0 saturated carbocycles.